The van der Waals surface area contributed by atoms with Crippen LogP contribution in [-0.4, -0.2) is 41.5 Å². The summed E-state index contributed by atoms with van der Waals surface area (Å²) < 4.78 is 0. The molecule has 1 aromatic heterocycles. The fraction of sp³-hybridized carbons (Fsp3) is 0.467. The van der Waals surface area contributed by atoms with Crippen LogP contribution in [0.2, 0.25) is 0 Å². The fourth-order valence-corrected chi connectivity index (χ4v) is 2.93. The second-order valence-electron chi connectivity index (χ2n) is 5.82. The minimum absolute atomic E-state index is 0.617. The molecular weight excluding hydrogens is 268 g/mol. The first kappa shape index (κ1) is 13.9. The summed E-state index contributed by atoms with van der Waals surface area (Å²) in [4.78, 5) is 30.1. The number of fused-ring (bicyclic) bond motifs is 1. The summed E-state index contributed by atoms with van der Waals surface area (Å²) in [5, 5.41) is 3.42. The molecule has 1 aliphatic rings. The molecule has 0 spiro atoms. The van der Waals surface area contributed by atoms with E-state index >= 15 is 0 Å². The van der Waals surface area contributed by atoms with Gasteiger partial charge in [0.25, 0.3) is 0 Å². The molecule has 6 heteroatoms. The summed E-state index contributed by atoms with van der Waals surface area (Å²) in [6.07, 6.45) is 2.49. The Bertz CT molecular complexity index is 749. The molecule has 1 unspecified atom stereocenters. The Labute approximate surface area is 122 Å². The van der Waals surface area contributed by atoms with Crippen molar-refractivity contribution in [3.05, 3.63) is 38.9 Å². The third kappa shape index (κ3) is 3.16. The van der Waals surface area contributed by atoms with E-state index in [1.807, 2.05) is 18.2 Å². The number of piperidine rings is 1. The molecule has 1 fully saturated rings. The Morgan fingerprint density at radius 3 is 2.76 bits per heavy atom. The number of benzene rings is 1. The Kier molecular flexibility index (Phi) is 3.79. The van der Waals surface area contributed by atoms with Gasteiger partial charge >= 0.3 is 11.1 Å². The lowest BCUT2D eigenvalue weighted by atomic mass is 9.98. The molecule has 112 valence electrons. The van der Waals surface area contributed by atoms with Gasteiger partial charge in [-0.25, -0.2) is 0 Å². The molecule has 2 aromatic rings. The number of rotatable bonds is 3. The van der Waals surface area contributed by atoms with E-state index in [4.69, 9.17) is 0 Å². The molecule has 3 N–H and O–H groups in total. The first-order valence-electron chi connectivity index (χ1n) is 7.30. The number of hydrogen-bond acceptors (Lipinski definition) is 4. The number of aromatic nitrogens is 2. The minimum atomic E-state index is -0.617. The predicted molar refractivity (Wildman–Crippen MR) is 83.9 cm³/mol. The molecule has 1 atom stereocenters. The quantitative estimate of drug-likeness (QED) is 0.735. The lowest BCUT2D eigenvalue weighted by molar-refractivity contribution is 0.217. The molecule has 3 rings (SSSR count). The van der Waals surface area contributed by atoms with Gasteiger partial charge in [0.15, 0.2) is 0 Å². The molecule has 0 aliphatic carbocycles. The van der Waals surface area contributed by atoms with Crippen molar-refractivity contribution in [1.29, 1.82) is 0 Å². The third-order valence-electron chi connectivity index (χ3n) is 4.04. The van der Waals surface area contributed by atoms with E-state index in [1.54, 1.807) is 0 Å². The Balaban J connectivity index is 1.74. The van der Waals surface area contributed by atoms with E-state index < -0.39 is 11.1 Å². The molecule has 1 aliphatic heterocycles. The normalized spacial score (nSPS) is 19.8. The molecule has 0 saturated carbocycles. The van der Waals surface area contributed by atoms with E-state index in [1.165, 1.54) is 19.4 Å². The lowest BCUT2D eigenvalue weighted by Crippen LogP contribution is -2.35. The summed E-state index contributed by atoms with van der Waals surface area (Å²) in [5.74, 6) is 0.647. The highest BCUT2D eigenvalue weighted by Gasteiger charge is 2.16. The zero-order chi connectivity index (χ0) is 14.8. The molecule has 21 heavy (non-hydrogen) atoms. The van der Waals surface area contributed by atoms with Gasteiger partial charge in [-0.1, -0.05) is 0 Å². The molecular formula is C15H20N4O2. The number of anilines is 1. The first-order valence-corrected chi connectivity index (χ1v) is 7.30. The van der Waals surface area contributed by atoms with Gasteiger partial charge in [0, 0.05) is 18.8 Å². The fourth-order valence-electron chi connectivity index (χ4n) is 2.93. The van der Waals surface area contributed by atoms with Crippen molar-refractivity contribution < 1.29 is 0 Å². The maximum absolute atomic E-state index is 11.4. The molecule has 2 heterocycles. The number of nitrogens with one attached hydrogen (secondary N) is 3. The van der Waals surface area contributed by atoms with Crippen LogP contribution < -0.4 is 16.4 Å². The molecule has 6 nitrogen and oxygen atoms in total. The van der Waals surface area contributed by atoms with Crippen LogP contribution in [0.3, 0.4) is 0 Å². The van der Waals surface area contributed by atoms with Gasteiger partial charge in [-0.05, 0) is 50.6 Å². The number of likely N-dealkylation sites (tertiary alicyclic amines) is 1. The Hall–Kier alpha value is -2.08. The average Bonchev–Trinajstić information content (AvgIpc) is 2.46. The van der Waals surface area contributed by atoms with Crippen LogP contribution in [0.4, 0.5) is 5.69 Å². The number of H-pyrrole nitrogens is 2. The molecule has 0 radical (unpaired) electrons. The predicted octanol–water partition coefficient (Wildman–Crippen LogP) is 0.970. The SMILES string of the molecule is CN1CCCC(CNc2ccc3[nH]c(=O)c(=O)[nH]c3c2)C1. The highest BCUT2D eigenvalue weighted by atomic mass is 16.2. The van der Waals surface area contributed by atoms with Crippen LogP contribution in [0, 0.1) is 5.92 Å². The molecule has 1 aromatic carbocycles. The Morgan fingerprint density at radius 1 is 1.24 bits per heavy atom. The minimum Gasteiger partial charge on any atom is -0.385 e. The average molecular weight is 288 g/mol. The maximum Gasteiger partial charge on any atom is 0.314 e. The van der Waals surface area contributed by atoms with Crippen LogP contribution >= 0.6 is 0 Å². The van der Waals surface area contributed by atoms with Gasteiger partial charge in [0.2, 0.25) is 0 Å². The number of hydrogen-bond donors (Lipinski definition) is 3. The van der Waals surface area contributed by atoms with Crippen LogP contribution in [0.5, 0.6) is 0 Å². The van der Waals surface area contributed by atoms with Crippen molar-refractivity contribution in [3.63, 3.8) is 0 Å². The number of aromatic amines is 2. The van der Waals surface area contributed by atoms with Crippen molar-refractivity contribution >= 4 is 16.7 Å². The molecule has 1 saturated heterocycles. The van der Waals surface area contributed by atoms with Crippen LogP contribution in [0.25, 0.3) is 11.0 Å². The van der Waals surface area contributed by atoms with Crippen molar-refractivity contribution in [2.75, 3.05) is 32.0 Å². The standard InChI is InChI=1S/C15H20N4O2/c1-19-6-2-3-10(9-19)8-16-11-4-5-12-13(7-11)18-15(21)14(20)17-12/h4-5,7,10,16H,2-3,6,8-9H2,1H3,(H,17,20)(H,18,21). The highest BCUT2D eigenvalue weighted by Crippen LogP contribution is 2.18. The summed E-state index contributed by atoms with van der Waals surface area (Å²) in [7, 11) is 2.16. The van der Waals surface area contributed by atoms with Crippen molar-refractivity contribution in [1.82, 2.24) is 14.9 Å². The van der Waals surface area contributed by atoms with Gasteiger partial charge in [0.1, 0.15) is 0 Å². The van der Waals surface area contributed by atoms with Crippen LogP contribution in [-0.2, 0) is 0 Å². The second kappa shape index (κ2) is 5.73. The van der Waals surface area contributed by atoms with Gasteiger partial charge in [-0.15, -0.1) is 0 Å². The van der Waals surface area contributed by atoms with Gasteiger partial charge in [-0.2, -0.15) is 0 Å². The van der Waals surface area contributed by atoms with E-state index in [-0.39, 0.29) is 0 Å². The van der Waals surface area contributed by atoms with Gasteiger partial charge in [0.05, 0.1) is 11.0 Å². The van der Waals surface area contributed by atoms with Gasteiger partial charge in [-0.3, -0.25) is 9.59 Å². The highest BCUT2D eigenvalue weighted by molar-refractivity contribution is 5.78. The maximum atomic E-state index is 11.4. The second-order valence-corrected chi connectivity index (χ2v) is 5.82. The molecule has 0 amide bonds. The lowest BCUT2D eigenvalue weighted by Gasteiger charge is -2.30. The van der Waals surface area contributed by atoms with Crippen molar-refractivity contribution in [2.45, 2.75) is 12.8 Å². The smallest absolute Gasteiger partial charge is 0.314 e. The van der Waals surface area contributed by atoms with E-state index in [9.17, 15) is 9.59 Å². The largest absolute Gasteiger partial charge is 0.385 e. The van der Waals surface area contributed by atoms with Crippen molar-refractivity contribution in [2.24, 2.45) is 5.92 Å². The summed E-state index contributed by atoms with van der Waals surface area (Å²) >= 11 is 0. The monoisotopic (exact) mass is 288 g/mol. The number of nitrogens with zero attached hydrogens (tertiary/aromatic N) is 1. The Morgan fingerprint density at radius 2 is 2.00 bits per heavy atom. The van der Waals surface area contributed by atoms with Crippen LogP contribution in [0.15, 0.2) is 27.8 Å². The first-order chi connectivity index (χ1) is 10.1. The molecule has 0 bridgehead atoms. The van der Waals surface area contributed by atoms with Crippen molar-refractivity contribution in [3.8, 4) is 0 Å². The van der Waals surface area contributed by atoms with E-state index in [0.717, 1.165) is 18.8 Å². The third-order valence-corrected chi connectivity index (χ3v) is 4.04. The summed E-state index contributed by atoms with van der Waals surface area (Å²) in [6.45, 7) is 3.22. The summed E-state index contributed by atoms with van der Waals surface area (Å²) in [5.41, 5.74) is 1.01. The van der Waals surface area contributed by atoms with E-state index in [2.05, 4.69) is 27.2 Å². The topological polar surface area (TPSA) is 81.0 Å². The van der Waals surface area contributed by atoms with E-state index in [0.29, 0.717) is 17.0 Å². The van der Waals surface area contributed by atoms with Gasteiger partial charge < -0.3 is 20.2 Å². The summed E-state index contributed by atoms with van der Waals surface area (Å²) in [6, 6.07) is 5.59. The zero-order valence-electron chi connectivity index (χ0n) is 12.1. The zero-order valence-corrected chi connectivity index (χ0v) is 12.1. The van der Waals surface area contributed by atoms with Crippen LogP contribution in [0.1, 0.15) is 12.8 Å².